The van der Waals surface area contributed by atoms with Crippen LogP contribution in [0.4, 0.5) is 0 Å². The van der Waals surface area contributed by atoms with Crippen molar-refractivity contribution in [3.63, 3.8) is 0 Å². The van der Waals surface area contributed by atoms with E-state index in [-0.39, 0.29) is 0 Å². The Morgan fingerprint density at radius 1 is 1.28 bits per heavy atom. The van der Waals surface area contributed by atoms with Crippen molar-refractivity contribution in [3.05, 3.63) is 41.7 Å². The molecule has 0 radical (unpaired) electrons. The molecule has 88 valence electrons. The van der Waals surface area contributed by atoms with Crippen LogP contribution in [0.3, 0.4) is 0 Å². The molecule has 0 atom stereocenters. The molecule has 0 spiro atoms. The van der Waals surface area contributed by atoms with Gasteiger partial charge in [-0.1, -0.05) is 18.1 Å². The van der Waals surface area contributed by atoms with Crippen LogP contribution in [0, 0.1) is 19.3 Å². The van der Waals surface area contributed by atoms with E-state index in [0.717, 1.165) is 28.2 Å². The zero-order chi connectivity index (χ0) is 12.7. The van der Waals surface area contributed by atoms with Gasteiger partial charge in [-0.05, 0) is 31.2 Å². The summed E-state index contributed by atoms with van der Waals surface area (Å²) in [5.74, 6) is 3.46. The van der Waals surface area contributed by atoms with Crippen molar-refractivity contribution in [1.29, 1.82) is 0 Å². The summed E-state index contributed by atoms with van der Waals surface area (Å²) < 4.78 is 4.23. The summed E-state index contributed by atoms with van der Waals surface area (Å²) in [6, 6.07) is 8.25. The maximum atomic E-state index is 5.29. The molecule has 0 saturated carbocycles. The second-order valence-electron chi connectivity index (χ2n) is 4.27. The number of terminal acetylenes is 1. The Bertz CT molecular complexity index is 810. The standard InChI is InChI=1S/C15H13N3/c1-4-5-8-12-11(2)16-15-17(3)13-9-6-7-10-14(13)18(12)15/h1,5-10H,2-3H3/b8-5-. The molecule has 2 aromatic heterocycles. The van der Waals surface area contributed by atoms with Crippen molar-refractivity contribution in [2.45, 2.75) is 6.92 Å². The summed E-state index contributed by atoms with van der Waals surface area (Å²) in [5, 5.41) is 0. The Balaban J connectivity index is 2.50. The molecule has 3 aromatic rings. The van der Waals surface area contributed by atoms with E-state index in [9.17, 15) is 0 Å². The van der Waals surface area contributed by atoms with Crippen molar-refractivity contribution in [1.82, 2.24) is 14.0 Å². The molecule has 0 amide bonds. The van der Waals surface area contributed by atoms with Crippen molar-refractivity contribution in [3.8, 4) is 12.3 Å². The number of aryl methyl sites for hydroxylation is 2. The van der Waals surface area contributed by atoms with Crippen molar-refractivity contribution in [2.24, 2.45) is 7.05 Å². The summed E-state index contributed by atoms with van der Waals surface area (Å²) in [6.07, 6.45) is 8.92. The highest BCUT2D eigenvalue weighted by Gasteiger charge is 2.13. The van der Waals surface area contributed by atoms with Crippen LogP contribution >= 0.6 is 0 Å². The normalized spacial score (nSPS) is 11.6. The Kier molecular flexibility index (Phi) is 2.24. The SMILES string of the molecule is C#C/C=C\c1c(C)nc2n(C)c3ccccc3n12. The molecule has 2 heterocycles. The fourth-order valence-corrected chi connectivity index (χ4v) is 2.36. The highest BCUT2D eigenvalue weighted by atomic mass is 15.2. The lowest BCUT2D eigenvalue weighted by molar-refractivity contribution is 0.967. The lowest BCUT2D eigenvalue weighted by atomic mass is 10.3. The summed E-state index contributed by atoms with van der Waals surface area (Å²) in [5.41, 5.74) is 4.33. The molecule has 3 rings (SSSR count). The first kappa shape index (κ1) is 10.7. The number of nitrogens with zero attached hydrogens (tertiary/aromatic N) is 3. The van der Waals surface area contributed by atoms with Gasteiger partial charge in [-0.2, -0.15) is 0 Å². The number of imidazole rings is 2. The zero-order valence-electron chi connectivity index (χ0n) is 10.4. The average molecular weight is 235 g/mol. The van der Waals surface area contributed by atoms with E-state index in [1.807, 2.05) is 32.2 Å². The number of hydrogen-bond acceptors (Lipinski definition) is 1. The van der Waals surface area contributed by atoms with Crippen LogP contribution in [0.15, 0.2) is 30.3 Å². The van der Waals surface area contributed by atoms with Crippen LogP contribution in [0.2, 0.25) is 0 Å². The second-order valence-corrected chi connectivity index (χ2v) is 4.27. The molecule has 3 heteroatoms. The maximum absolute atomic E-state index is 5.29. The van der Waals surface area contributed by atoms with Crippen molar-refractivity contribution in [2.75, 3.05) is 0 Å². The zero-order valence-corrected chi connectivity index (χ0v) is 10.4. The maximum Gasteiger partial charge on any atom is 0.215 e. The molecule has 0 bridgehead atoms. The number of para-hydroxylation sites is 2. The van der Waals surface area contributed by atoms with Crippen LogP contribution in [0.5, 0.6) is 0 Å². The van der Waals surface area contributed by atoms with Gasteiger partial charge in [-0.3, -0.25) is 4.40 Å². The number of hydrogen-bond donors (Lipinski definition) is 0. The van der Waals surface area contributed by atoms with Gasteiger partial charge in [-0.25, -0.2) is 4.98 Å². The predicted octanol–water partition coefficient (Wildman–Crippen LogP) is 2.78. The monoisotopic (exact) mass is 235 g/mol. The number of fused-ring (bicyclic) bond motifs is 3. The topological polar surface area (TPSA) is 22.2 Å². The van der Waals surface area contributed by atoms with Gasteiger partial charge in [-0.15, -0.1) is 6.42 Å². The minimum absolute atomic E-state index is 0.936. The molecule has 3 nitrogen and oxygen atoms in total. The third kappa shape index (κ3) is 1.29. The molecule has 0 saturated heterocycles. The van der Waals surface area contributed by atoms with E-state index >= 15 is 0 Å². The van der Waals surface area contributed by atoms with E-state index in [4.69, 9.17) is 6.42 Å². The molecule has 0 aliphatic carbocycles. The minimum Gasteiger partial charge on any atom is -0.313 e. The summed E-state index contributed by atoms with van der Waals surface area (Å²) in [7, 11) is 2.03. The van der Waals surface area contributed by atoms with Gasteiger partial charge in [0.2, 0.25) is 5.78 Å². The molecular formula is C15H13N3. The molecule has 18 heavy (non-hydrogen) atoms. The molecule has 0 aliphatic heterocycles. The van der Waals surface area contributed by atoms with Gasteiger partial charge in [0.15, 0.2) is 0 Å². The second kappa shape index (κ2) is 3.78. The Hall–Kier alpha value is -2.47. The summed E-state index contributed by atoms with van der Waals surface area (Å²) in [4.78, 5) is 4.61. The highest BCUT2D eigenvalue weighted by molar-refractivity contribution is 5.82. The van der Waals surface area contributed by atoms with Crippen LogP contribution < -0.4 is 0 Å². The first-order chi connectivity index (χ1) is 8.74. The van der Waals surface area contributed by atoms with Crippen molar-refractivity contribution < 1.29 is 0 Å². The first-order valence-electron chi connectivity index (χ1n) is 5.79. The number of rotatable bonds is 1. The average Bonchev–Trinajstić information content (AvgIpc) is 2.84. The molecule has 0 N–H and O–H groups in total. The Morgan fingerprint density at radius 2 is 2.00 bits per heavy atom. The van der Waals surface area contributed by atoms with Gasteiger partial charge in [0.1, 0.15) is 0 Å². The fraction of sp³-hybridized carbons (Fsp3) is 0.133. The lowest BCUT2D eigenvalue weighted by Gasteiger charge is -1.95. The van der Waals surface area contributed by atoms with Gasteiger partial charge in [0, 0.05) is 7.05 Å². The quantitative estimate of drug-likeness (QED) is 0.594. The van der Waals surface area contributed by atoms with E-state index in [1.54, 1.807) is 6.08 Å². The summed E-state index contributed by atoms with van der Waals surface area (Å²) in [6.45, 7) is 2.00. The fourth-order valence-electron chi connectivity index (χ4n) is 2.36. The third-order valence-electron chi connectivity index (χ3n) is 3.20. The van der Waals surface area contributed by atoms with Crippen LogP contribution in [0.1, 0.15) is 11.4 Å². The van der Waals surface area contributed by atoms with Gasteiger partial charge >= 0.3 is 0 Å². The Morgan fingerprint density at radius 3 is 2.72 bits per heavy atom. The molecular weight excluding hydrogens is 222 g/mol. The number of aromatic nitrogens is 3. The van der Waals surface area contributed by atoms with Crippen LogP contribution in [-0.4, -0.2) is 14.0 Å². The number of allylic oxidation sites excluding steroid dienone is 1. The highest BCUT2D eigenvalue weighted by Crippen LogP contribution is 2.23. The largest absolute Gasteiger partial charge is 0.313 e. The summed E-state index contributed by atoms with van der Waals surface area (Å²) >= 11 is 0. The molecule has 0 aliphatic rings. The van der Waals surface area contributed by atoms with Crippen LogP contribution in [-0.2, 0) is 7.05 Å². The van der Waals surface area contributed by atoms with Gasteiger partial charge in [0.25, 0.3) is 0 Å². The van der Waals surface area contributed by atoms with Crippen LogP contribution in [0.25, 0.3) is 22.9 Å². The van der Waals surface area contributed by atoms with E-state index < -0.39 is 0 Å². The van der Waals surface area contributed by atoms with E-state index in [1.165, 1.54) is 0 Å². The van der Waals surface area contributed by atoms with E-state index in [0.29, 0.717) is 0 Å². The molecule has 0 unspecified atom stereocenters. The minimum atomic E-state index is 0.936. The predicted molar refractivity (Wildman–Crippen MR) is 74.3 cm³/mol. The number of benzene rings is 1. The van der Waals surface area contributed by atoms with Gasteiger partial charge in [0.05, 0.1) is 22.4 Å². The first-order valence-corrected chi connectivity index (χ1v) is 5.79. The molecule has 1 aromatic carbocycles. The smallest absolute Gasteiger partial charge is 0.215 e. The Labute approximate surface area is 105 Å². The van der Waals surface area contributed by atoms with Gasteiger partial charge < -0.3 is 4.57 Å². The van der Waals surface area contributed by atoms with E-state index in [2.05, 4.69) is 32.0 Å². The van der Waals surface area contributed by atoms with Crippen molar-refractivity contribution >= 4 is 22.9 Å². The molecule has 0 fully saturated rings. The third-order valence-corrected chi connectivity index (χ3v) is 3.20. The lowest BCUT2D eigenvalue weighted by Crippen LogP contribution is -1.88.